The summed E-state index contributed by atoms with van der Waals surface area (Å²) in [7, 11) is 0. The Labute approximate surface area is 93.2 Å². The van der Waals surface area contributed by atoms with Crippen LogP contribution in [0.25, 0.3) is 10.4 Å². The quantitative estimate of drug-likeness (QED) is 0.646. The van der Waals surface area contributed by atoms with Crippen molar-refractivity contribution in [3.8, 4) is 10.4 Å². The van der Waals surface area contributed by atoms with Crippen LogP contribution < -0.4 is 0 Å². The third kappa shape index (κ3) is 2.09. The molecule has 5 heteroatoms. The summed E-state index contributed by atoms with van der Waals surface area (Å²) in [6.07, 6.45) is -4.51. The molecular formula is C11H6F4S. The standard InChI is InChI=1S/C11H6F4S/c12-9-6-7(11(13,14)15)3-4-8(9)10-2-1-5-16-10/h1-6H. The summed E-state index contributed by atoms with van der Waals surface area (Å²) in [5, 5.41) is 1.74. The summed E-state index contributed by atoms with van der Waals surface area (Å²) >= 11 is 1.28. The molecule has 16 heavy (non-hydrogen) atoms. The summed E-state index contributed by atoms with van der Waals surface area (Å²) in [6.45, 7) is 0. The fourth-order valence-electron chi connectivity index (χ4n) is 1.32. The van der Waals surface area contributed by atoms with Crippen molar-refractivity contribution >= 4 is 11.3 Å². The zero-order valence-electron chi connectivity index (χ0n) is 7.88. The molecular weight excluding hydrogens is 240 g/mol. The van der Waals surface area contributed by atoms with Crippen LogP contribution in [0.2, 0.25) is 0 Å². The van der Waals surface area contributed by atoms with Crippen molar-refractivity contribution in [3.63, 3.8) is 0 Å². The fraction of sp³-hybridized carbons (Fsp3) is 0.0909. The van der Waals surface area contributed by atoms with E-state index in [1.165, 1.54) is 11.3 Å². The molecule has 1 aromatic carbocycles. The molecule has 0 spiro atoms. The van der Waals surface area contributed by atoms with Gasteiger partial charge in [-0.05, 0) is 23.6 Å². The Bertz CT molecular complexity index is 485. The minimum absolute atomic E-state index is 0.197. The molecule has 0 aliphatic rings. The molecule has 84 valence electrons. The second-order valence-corrected chi connectivity index (χ2v) is 4.12. The van der Waals surface area contributed by atoms with Gasteiger partial charge in [0.15, 0.2) is 0 Å². The maximum Gasteiger partial charge on any atom is 0.416 e. The molecule has 0 radical (unpaired) electrons. The van der Waals surface area contributed by atoms with Crippen LogP contribution in [-0.2, 0) is 6.18 Å². The highest BCUT2D eigenvalue weighted by Gasteiger charge is 2.31. The van der Waals surface area contributed by atoms with Gasteiger partial charge in [0, 0.05) is 10.4 Å². The van der Waals surface area contributed by atoms with Gasteiger partial charge < -0.3 is 0 Å². The zero-order chi connectivity index (χ0) is 11.8. The first-order valence-corrected chi connectivity index (χ1v) is 5.27. The lowest BCUT2D eigenvalue weighted by Gasteiger charge is -2.08. The lowest BCUT2D eigenvalue weighted by Crippen LogP contribution is -2.05. The van der Waals surface area contributed by atoms with Crippen molar-refractivity contribution in [3.05, 3.63) is 47.1 Å². The molecule has 0 saturated carbocycles. The number of benzene rings is 1. The van der Waals surface area contributed by atoms with E-state index in [2.05, 4.69) is 0 Å². The van der Waals surface area contributed by atoms with E-state index in [1.54, 1.807) is 17.5 Å². The van der Waals surface area contributed by atoms with Crippen molar-refractivity contribution in [2.75, 3.05) is 0 Å². The van der Waals surface area contributed by atoms with E-state index in [-0.39, 0.29) is 5.56 Å². The average Bonchev–Trinajstić information content (AvgIpc) is 2.69. The Morgan fingerprint density at radius 2 is 1.81 bits per heavy atom. The van der Waals surface area contributed by atoms with Crippen LogP contribution >= 0.6 is 11.3 Å². The van der Waals surface area contributed by atoms with E-state index in [0.29, 0.717) is 10.9 Å². The topological polar surface area (TPSA) is 0 Å². The highest BCUT2D eigenvalue weighted by molar-refractivity contribution is 7.13. The number of halogens is 4. The lowest BCUT2D eigenvalue weighted by molar-refractivity contribution is -0.137. The summed E-state index contributed by atoms with van der Waals surface area (Å²) in [6, 6.07) is 5.95. The van der Waals surface area contributed by atoms with Crippen molar-refractivity contribution in [1.82, 2.24) is 0 Å². The minimum atomic E-state index is -4.51. The SMILES string of the molecule is Fc1cc(C(F)(F)F)ccc1-c1cccs1. The molecule has 0 saturated heterocycles. The molecule has 0 aliphatic carbocycles. The molecule has 1 heterocycles. The molecule has 1 aromatic heterocycles. The third-order valence-electron chi connectivity index (χ3n) is 2.08. The summed E-state index contributed by atoms with van der Waals surface area (Å²) in [5.74, 6) is -0.850. The molecule has 0 bridgehead atoms. The second kappa shape index (κ2) is 3.90. The third-order valence-corrected chi connectivity index (χ3v) is 2.99. The predicted octanol–water partition coefficient (Wildman–Crippen LogP) is 4.57. The van der Waals surface area contributed by atoms with Gasteiger partial charge in [0.1, 0.15) is 5.82 Å². The lowest BCUT2D eigenvalue weighted by atomic mass is 10.1. The number of alkyl halides is 3. The molecule has 0 aliphatic heterocycles. The van der Waals surface area contributed by atoms with Crippen molar-refractivity contribution < 1.29 is 17.6 Å². The van der Waals surface area contributed by atoms with Crippen LogP contribution in [0.1, 0.15) is 5.56 Å². The normalized spacial score (nSPS) is 11.8. The van der Waals surface area contributed by atoms with Gasteiger partial charge in [0.05, 0.1) is 5.56 Å². The van der Waals surface area contributed by atoms with Gasteiger partial charge in [0.25, 0.3) is 0 Å². The molecule has 0 unspecified atom stereocenters. The smallest absolute Gasteiger partial charge is 0.206 e. The molecule has 0 nitrogen and oxygen atoms in total. The largest absolute Gasteiger partial charge is 0.416 e. The Morgan fingerprint density at radius 3 is 2.31 bits per heavy atom. The van der Waals surface area contributed by atoms with E-state index in [4.69, 9.17) is 0 Å². The fourth-order valence-corrected chi connectivity index (χ4v) is 2.08. The van der Waals surface area contributed by atoms with Crippen molar-refractivity contribution in [1.29, 1.82) is 0 Å². The number of hydrogen-bond acceptors (Lipinski definition) is 1. The first-order valence-electron chi connectivity index (χ1n) is 4.39. The van der Waals surface area contributed by atoms with Crippen LogP contribution in [0, 0.1) is 5.82 Å². The zero-order valence-corrected chi connectivity index (χ0v) is 8.70. The van der Waals surface area contributed by atoms with Gasteiger partial charge in [0.2, 0.25) is 0 Å². The maximum atomic E-state index is 13.5. The van der Waals surface area contributed by atoms with Crippen LogP contribution in [0.15, 0.2) is 35.7 Å². The second-order valence-electron chi connectivity index (χ2n) is 3.17. The Kier molecular flexibility index (Phi) is 2.71. The van der Waals surface area contributed by atoms with Gasteiger partial charge in [-0.15, -0.1) is 11.3 Å². The monoisotopic (exact) mass is 246 g/mol. The molecule has 0 atom stereocenters. The predicted molar refractivity (Wildman–Crippen MR) is 54.7 cm³/mol. The van der Waals surface area contributed by atoms with Gasteiger partial charge in [-0.25, -0.2) is 4.39 Å². The van der Waals surface area contributed by atoms with E-state index in [0.717, 1.165) is 12.1 Å². The van der Waals surface area contributed by atoms with Crippen LogP contribution in [0.5, 0.6) is 0 Å². The summed E-state index contributed by atoms with van der Waals surface area (Å²) in [4.78, 5) is 0.617. The summed E-state index contributed by atoms with van der Waals surface area (Å²) in [5.41, 5.74) is -0.770. The van der Waals surface area contributed by atoms with Crippen LogP contribution in [-0.4, -0.2) is 0 Å². The van der Waals surface area contributed by atoms with Crippen LogP contribution in [0.3, 0.4) is 0 Å². The first kappa shape index (κ1) is 11.1. The number of thiophene rings is 1. The maximum absolute atomic E-state index is 13.5. The number of rotatable bonds is 1. The molecule has 0 amide bonds. The van der Waals surface area contributed by atoms with E-state index in [9.17, 15) is 17.6 Å². The highest BCUT2D eigenvalue weighted by Crippen LogP contribution is 2.33. The van der Waals surface area contributed by atoms with E-state index >= 15 is 0 Å². The first-order chi connectivity index (χ1) is 7.48. The van der Waals surface area contributed by atoms with E-state index in [1.807, 2.05) is 0 Å². The van der Waals surface area contributed by atoms with Gasteiger partial charge >= 0.3 is 6.18 Å². The van der Waals surface area contributed by atoms with E-state index < -0.39 is 17.6 Å². The Morgan fingerprint density at radius 1 is 1.06 bits per heavy atom. The minimum Gasteiger partial charge on any atom is -0.206 e. The molecule has 2 aromatic rings. The number of hydrogen-bond donors (Lipinski definition) is 0. The van der Waals surface area contributed by atoms with Gasteiger partial charge in [-0.2, -0.15) is 13.2 Å². The van der Waals surface area contributed by atoms with Crippen molar-refractivity contribution in [2.45, 2.75) is 6.18 Å². The van der Waals surface area contributed by atoms with Gasteiger partial charge in [-0.3, -0.25) is 0 Å². The average molecular weight is 246 g/mol. The van der Waals surface area contributed by atoms with Gasteiger partial charge in [-0.1, -0.05) is 12.1 Å². The molecule has 0 fully saturated rings. The molecule has 2 rings (SSSR count). The van der Waals surface area contributed by atoms with Crippen LogP contribution in [0.4, 0.5) is 17.6 Å². The molecule has 0 N–H and O–H groups in total. The Hall–Kier alpha value is -1.36. The van der Waals surface area contributed by atoms with Crippen molar-refractivity contribution in [2.24, 2.45) is 0 Å². The Balaban J connectivity index is 2.46. The highest BCUT2D eigenvalue weighted by atomic mass is 32.1. The summed E-state index contributed by atoms with van der Waals surface area (Å²) < 4.78 is 50.3.